The Kier molecular flexibility index (Phi) is 5.48. The fourth-order valence-electron chi connectivity index (χ4n) is 3.44. The van der Waals surface area contributed by atoms with Crippen LogP contribution in [0, 0.1) is 5.92 Å². The number of ether oxygens (including phenoxy) is 1. The molecular weight excluding hydrogens is 282 g/mol. The minimum Gasteiger partial charge on any atom is -0.511 e. The van der Waals surface area contributed by atoms with Crippen molar-refractivity contribution in [1.29, 1.82) is 0 Å². The van der Waals surface area contributed by atoms with Crippen LogP contribution in [-0.4, -0.2) is 29.0 Å². The van der Waals surface area contributed by atoms with Crippen LogP contribution in [-0.2, 0) is 14.4 Å². The van der Waals surface area contributed by atoms with Crippen molar-refractivity contribution >= 4 is 11.7 Å². The summed E-state index contributed by atoms with van der Waals surface area (Å²) in [5.74, 6) is -0.0753. The van der Waals surface area contributed by atoms with E-state index in [0.717, 1.165) is 32.1 Å². The molecule has 1 aliphatic heterocycles. The van der Waals surface area contributed by atoms with E-state index in [4.69, 9.17) is 9.57 Å². The quantitative estimate of drug-likeness (QED) is 0.475. The minimum atomic E-state index is -0.536. The molecule has 5 nitrogen and oxygen atoms in total. The van der Waals surface area contributed by atoms with Gasteiger partial charge in [0.2, 0.25) is 0 Å². The van der Waals surface area contributed by atoms with E-state index in [1.165, 1.54) is 0 Å². The average molecular weight is 309 g/mol. The molecule has 22 heavy (non-hydrogen) atoms. The standard InChI is InChI=1S/C17H27NO4/c1-4-8-13(18-21-5-2)15-14(19)11-17(22-16(15)20)10-7-6-9-12(17)3/h12,19H,4-11H2,1-3H3/b18-13+. The monoisotopic (exact) mass is 309 g/mol. The lowest BCUT2D eigenvalue weighted by Gasteiger charge is -2.44. The van der Waals surface area contributed by atoms with Crippen LogP contribution >= 0.6 is 0 Å². The van der Waals surface area contributed by atoms with E-state index in [1.54, 1.807) is 0 Å². The zero-order valence-corrected chi connectivity index (χ0v) is 13.9. The van der Waals surface area contributed by atoms with Crippen molar-refractivity contribution in [3.05, 3.63) is 11.3 Å². The van der Waals surface area contributed by atoms with Crippen molar-refractivity contribution in [2.24, 2.45) is 11.1 Å². The summed E-state index contributed by atoms with van der Waals surface area (Å²) in [5, 5.41) is 14.5. The highest BCUT2D eigenvalue weighted by Gasteiger charge is 2.47. The Bertz CT molecular complexity index is 483. The molecule has 1 heterocycles. The summed E-state index contributed by atoms with van der Waals surface area (Å²) in [7, 11) is 0. The molecule has 0 saturated heterocycles. The van der Waals surface area contributed by atoms with Gasteiger partial charge in [0.1, 0.15) is 23.5 Å². The third-order valence-corrected chi connectivity index (χ3v) is 4.72. The highest BCUT2D eigenvalue weighted by molar-refractivity contribution is 6.20. The molecule has 5 heteroatoms. The van der Waals surface area contributed by atoms with Crippen molar-refractivity contribution in [3.8, 4) is 0 Å². The zero-order chi connectivity index (χ0) is 16.2. The van der Waals surface area contributed by atoms with Gasteiger partial charge in [0.15, 0.2) is 0 Å². The summed E-state index contributed by atoms with van der Waals surface area (Å²) < 4.78 is 5.82. The molecule has 0 aromatic heterocycles. The van der Waals surface area contributed by atoms with Gasteiger partial charge in [-0.15, -0.1) is 0 Å². The summed E-state index contributed by atoms with van der Waals surface area (Å²) in [6, 6.07) is 0. The Balaban J connectivity index is 2.30. The Morgan fingerprint density at radius 3 is 2.82 bits per heavy atom. The van der Waals surface area contributed by atoms with Crippen molar-refractivity contribution in [2.45, 2.75) is 71.3 Å². The molecule has 0 amide bonds. The summed E-state index contributed by atoms with van der Waals surface area (Å²) >= 11 is 0. The molecule has 2 unspecified atom stereocenters. The van der Waals surface area contributed by atoms with E-state index >= 15 is 0 Å². The van der Waals surface area contributed by atoms with Gasteiger partial charge in [0.25, 0.3) is 0 Å². The third-order valence-electron chi connectivity index (χ3n) is 4.72. The Hall–Kier alpha value is -1.52. The Morgan fingerprint density at radius 1 is 1.45 bits per heavy atom. The topological polar surface area (TPSA) is 68.1 Å². The summed E-state index contributed by atoms with van der Waals surface area (Å²) in [5.41, 5.74) is 0.162. The second-order valence-corrected chi connectivity index (χ2v) is 6.31. The highest BCUT2D eigenvalue weighted by atomic mass is 16.6. The number of hydrogen-bond acceptors (Lipinski definition) is 5. The third kappa shape index (κ3) is 3.28. The number of rotatable bonds is 5. The lowest BCUT2D eigenvalue weighted by atomic mass is 9.72. The second kappa shape index (κ2) is 7.16. The molecule has 2 rings (SSSR count). The smallest absolute Gasteiger partial charge is 0.344 e. The molecule has 1 aliphatic carbocycles. The van der Waals surface area contributed by atoms with E-state index in [1.807, 2.05) is 13.8 Å². The molecule has 0 bridgehead atoms. The maximum Gasteiger partial charge on any atom is 0.344 e. The number of oxime groups is 1. The number of esters is 1. The van der Waals surface area contributed by atoms with Gasteiger partial charge in [-0.05, 0) is 38.5 Å². The van der Waals surface area contributed by atoms with Gasteiger partial charge in [-0.1, -0.05) is 31.8 Å². The fraction of sp³-hybridized carbons (Fsp3) is 0.765. The van der Waals surface area contributed by atoms with Crippen molar-refractivity contribution in [2.75, 3.05) is 6.61 Å². The Labute approximate surface area is 132 Å². The second-order valence-electron chi connectivity index (χ2n) is 6.31. The predicted octanol–water partition coefficient (Wildman–Crippen LogP) is 3.89. The van der Waals surface area contributed by atoms with E-state index < -0.39 is 11.6 Å². The molecule has 2 atom stereocenters. The average Bonchev–Trinajstić information content (AvgIpc) is 2.47. The number of hydrogen-bond donors (Lipinski definition) is 1. The first-order valence-corrected chi connectivity index (χ1v) is 8.38. The fourth-order valence-corrected chi connectivity index (χ4v) is 3.44. The minimum absolute atomic E-state index is 0.108. The van der Waals surface area contributed by atoms with Crippen LogP contribution in [0.5, 0.6) is 0 Å². The molecule has 0 aromatic carbocycles. The first-order chi connectivity index (χ1) is 10.5. The zero-order valence-electron chi connectivity index (χ0n) is 13.9. The first kappa shape index (κ1) is 16.8. The van der Waals surface area contributed by atoms with Crippen molar-refractivity contribution in [1.82, 2.24) is 0 Å². The van der Waals surface area contributed by atoms with Crippen LogP contribution in [0.1, 0.15) is 65.7 Å². The van der Waals surface area contributed by atoms with Gasteiger partial charge < -0.3 is 14.7 Å². The predicted molar refractivity (Wildman–Crippen MR) is 84.7 cm³/mol. The molecule has 1 saturated carbocycles. The van der Waals surface area contributed by atoms with Crippen LogP contribution in [0.3, 0.4) is 0 Å². The number of aliphatic hydroxyl groups is 1. The molecule has 1 fully saturated rings. The normalized spacial score (nSPS) is 29.7. The van der Waals surface area contributed by atoms with Crippen LogP contribution in [0.15, 0.2) is 16.5 Å². The van der Waals surface area contributed by atoms with Gasteiger partial charge in [0.05, 0.1) is 5.71 Å². The van der Waals surface area contributed by atoms with Gasteiger partial charge in [-0.25, -0.2) is 4.79 Å². The van der Waals surface area contributed by atoms with Crippen LogP contribution in [0.2, 0.25) is 0 Å². The molecule has 2 aliphatic rings. The van der Waals surface area contributed by atoms with E-state index in [9.17, 15) is 9.90 Å². The van der Waals surface area contributed by atoms with E-state index in [0.29, 0.717) is 25.2 Å². The first-order valence-electron chi connectivity index (χ1n) is 8.38. The number of aliphatic hydroxyl groups excluding tert-OH is 1. The van der Waals surface area contributed by atoms with E-state index in [2.05, 4.69) is 12.1 Å². The molecule has 1 N–H and O–H groups in total. The van der Waals surface area contributed by atoms with Gasteiger partial charge in [0, 0.05) is 6.42 Å². The number of nitrogens with zero attached hydrogens (tertiary/aromatic N) is 1. The Morgan fingerprint density at radius 2 is 2.23 bits per heavy atom. The van der Waals surface area contributed by atoms with Crippen LogP contribution in [0.25, 0.3) is 0 Å². The van der Waals surface area contributed by atoms with Gasteiger partial charge in [-0.2, -0.15) is 0 Å². The van der Waals surface area contributed by atoms with E-state index in [-0.39, 0.29) is 17.3 Å². The molecule has 0 radical (unpaired) electrons. The maximum absolute atomic E-state index is 12.5. The van der Waals surface area contributed by atoms with Gasteiger partial charge >= 0.3 is 5.97 Å². The largest absolute Gasteiger partial charge is 0.511 e. The lowest BCUT2D eigenvalue weighted by molar-refractivity contribution is -0.169. The molecule has 1 spiro atoms. The number of carbonyl (C=O) groups excluding carboxylic acids is 1. The lowest BCUT2D eigenvalue weighted by Crippen LogP contribution is -2.48. The van der Waals surface area contributed by atoms with Crippen molar-refractivity contribution < 1.29 is 19.5 Å². The summed E-state index contributed by atoms with van der Waals surface area (Å²) in [6.45, 7) is 6.36. The van der Waals surface area contributed by atoms with Crippen LogP contribution in [0.4, 0.5) is 0 Å². The maximum atomic E-state index is 12.5. The summed E-state index contributed by atoms with van der Waals surface area (Å²) in [6.07, 6.45) is 5.84. The van der Waals surface area contributed by atoms with Crippen LogP contribution < -0.4 is 0 Å². The molecular formula is C17H27NO4. The van der Waals surface area contributed by atoms with Gasteiger partial charge in [-0.3, -0.25) is 0 Å². The number of carbonyl (C=O) groups is 1. The summed E-state index contributed by atoms with van der Waals surface area (Å²) in [4.78, 5) is 17.6. The van der Waals surface area contributed by atoms with Crippen molar-refractivity contribution in [3.63, 3.8) is 0 Å². The molecule has 0 aromatic rings. The molecule has 124 valence electrons. The SMILES string of the molecule is CCC/C(=N\OCC)C1=C(O)CC2(CCCCC2C)OC1=O. The highest BCUT2D eigenvalue weighted by Crippen LogP contribution is 2.44.